The second-order valence-electron chi connectivity index (χ2n) is 4.34. The van der Waals surface area contributed by atoms with Gasteiger partial charge in [-0.3, -0.25) is 18.7 Å². The van der Waals surface area contributed by atoms with Crippen LogP contribution in [-0.2, 0) is 14.1 Å². The van der Waals surface area contributed by atoms with Gasteiger partial charge in [0.1, 0.15) is 0 Å². The average Bonchev–Trinajstić information content (AvgIpc) is 2.80. The molecule has 0 aliphatic heterocycles. The van der Waals surface area contributed by atoms with Crippen molar-refractivity contribution in [3.63, 3.8) is 0 Å². The van der Waals surface area contributed by atoms with Gasteiger partial charge < -0.3 is 5.32 Å². The first-order valence-corrected chi connectivity index (χ1v) is 5.94. The lowest BCUT2D eigenvalue weighted by Crippen LogP contribution is -2.37. The monoisotopic (exact) mass is 277 g/mol. The first-order valence-electron chi connectivity index (χ1n) is 5.94. The lowest BCUT2D eigenvalue weighted by atomic mass is 10.5. The van der Waals surface area contributed by atoms with E-state index in [4.69, 9.17) is 0 Å². The van der Waals surface area contributed by atoms with E-state index >= 15 is 0 Å². The quantitative estimate of drug-likeness (QED) is 0.777. The van der Waals surface area contributed by atoms with Gasteiger partial charge in [0, 0.05) is 27.6 Å². The Balaban J connectivity index is 2.95. The number of aromatic nitrogens is 4. The molecule has 8 heteroatoms. The third kappa shape index (κ3) is 1.85. The minimum absolute atomic E-state index is 0.0775. The van der Waals surface area contributed by atoms with Crippen molar-refractivity contribution >= 4 is 23.0 Å². The molecule has 0 spiro atoms. The van der Waals surface area contributed by atoms with Gasteiger partial charge in [0.25, 0.3) is 5.56 Å². The van der Waals surface area contributed by atoms with E-state index in [2.05, 4.69) is 16.9 Å². The number of nitrogens with zero attached hydrogens (tertiary/aromatic N) is 4. The van der Waals surface area contributed by atoms with Crippen LogP contribution in [0.2, 0.25) is 0 Å². The van der Waals surface area contributed by atoms with Crippen LogP contribution in [0.3, 0.4) is 0 Å². The van der Waals surface area contributed by atoms with Gasteiger partial charge >= 0.3 is 5.69 Å². The number of anilines is 1. The number of imidazole rings is 1. The Bertz CT molecular complexity index is 824. The van der Waals surface area contributed by atoms with Crippen molar-refractivity contribution < 1.29 is 4.79 Å². The Morgan fingerprint density at radius 1 is 1.35 bits per heavy atom. The summed E-state index contributed by atoms with van der Waals surface area (Å²) in [7, 11) is 2.86. The molecule has 2 aromatic heterocycles. The van der Waals surface area contributed by atoms with Crippen LogP contribution in [-0.4, -0.2) is 31.1 Å². The van der Waals surface area contributed by atoms with Gasteiger partial charge in [0.2, 0.25) is 11.9 Å². The van der Waals surface area contributed by atoms with E-state index in [1.807, 2.05) is 0 Å². The molecule has 2 heterocycles. The van der Waals surface area contributed by atoms with Crippen molar-refractivity contribution in [2.24, 2.45) is 14.1 Å². The predicted molar refractivity (Wildman–Crippen MR) is 75.2 cm³/mol. The molecule has 2 rings (SSSR count). The van der Waals surface area contributed by atoms with Gasteiger partial charge in [0.05, 0.1) is 0 Å². The number of hydrogen-bond acceptors (Lipinski definition) is 5. The highest BCUT2D eigenvalue weighted by Crippen LogP contribution is 2.14. The average molecular weight is 277 g/mol. The molecule has 0 unspecified atom stereocenters. The molecule has 0 bridgehead atoms. The molecule has 8 nitrogen and oxygen atoms in total. The Morgan fingerprint density at radius 2 is 2.00 bits per heavy atom. The zero-order chi connectivity index (χ0) is 15.0. The fourth-order valence-corrected chi connectivity index (χ4v) is 1.98. The number of aryl methyl sites for hydroxylation is 1. The maximum atomic E-state index is 12.2. The van der Waals surface area contributed by atoms with Crippen LogP contribution in [0.4, 0.5) is 5.95 Å². The first-order chi connectivity index (χ1) is 9.40. The number of carbonyl (C=O) groups excluding carboxylic acids is 1. The fourth-order valence-electron chi connectivity index (χ4n) is 1.98. The zero-order valence-electron chi connectivity index (χ0n) is 11.5. The molecule has 2 aromatic rings. The van der Waals surface area contributed by atoms with Crippen LogP contribution in [0.5, 0.6) is 0 Å². The number of rotatable bonds is 3. The van der Waals surface area contributed by atoms with E-state index in [0.29, 0.717) is 6.54 Å². The number of nitrogens with one attached hydrogen (secondary N) is 1. The van der Waals surface area contributed by atoms with Gasteiger partial charge in [-0.1, -0.05) is 6.08 Å². The van der Waals surface area contributed by atoms with E-state index in [-0.39, 0.29) is 23.0 Å². The van der Waals surface area contributed by atoms with Crippen molar-refractivity contribution in [2.45, 2.75) is 6.92 Å². The molecule has 0 saturated carbocycles. The molecular formula is C12H15N5O3. The van der Waals surface area contributed by atoms with E-state index in [9.17, 15) is 14.4 Å². The summed E-state index contributed by atoms with van der Waals surface area (Å²) in [5.74, 6) is -0.152. The molecule has 0 atom stereocenters. The van der Waals surface area contributed by atoms with Gasteiger partial charge in [-0.15, -0.1) is 6.58 Å². The molecule has 20 heavy (non-hydrogen) atoms. The predicted octanol–water partition coefficient (Wildman–Crippen LogP) is -0.308. The Morgan fingerprint density at radius 3 is 2.55 bits per heavy atom. The topological polar surface area (TPSA) is 90.9 Å². The standard InChI is InChI=1S/C12H15N5O3/c1-5-6-13-11-14-9-8(17(11)7(2)18)10(19)16(4)12(20)15(9)3/h5H,1,6H2,2-4H3,(H,13,14). The molecular weight excluding hydrogens is 262 g/mol. The van der Waals surface area contributed by atoms with E-state index in [0.717, 1.165) is 4.57 Å². The summed E-state index contributed by atoms with van der Waals surface area (Å²) < 4.78 is 3.34. The summed E-state index contributed by atoms with van der Waals surface area (Å²) >= 11 is 0. The van der Waals surface area contributed by atoms with Crippen molar-refractivity contribution in [3.8, 4) is 0 Å². The fraction of sp³-hybridized carbons (Fsp3) is 0.333. The summed E-state index contributed by atoms with van der Waals surface area (Å²) in [4.78, 5) is 40.0. The van der Waals surface area contributed by atoms with Crippen LogP contribution < -0.4 is 16.6 Å². The second-order valence-corrected chi connectivity index (χ2v) is 4.34. The maximum Gasteiger partial charge on any atom is 0.332 e. The molecule has 0 saturated heterocycles. The van der Waals surface area contributed by atoms with Crippen molar-refractivity contribution in [2.75, 3.05) is 11.9 Å². The molecule has 0 aliphatic rings. The van der Waals surface area contributed by atoms with Gasteiger partial charge in [-0.2, -0.15) is 4.98 Å². The van der Waals surface area contributed by atoms with Crippen LogP contribution >= 0.6 is 0 Å². The second kappa shape index (κ2) is 4.80. The van der Waals surface area contributed by atoms with Crippen LogP contribution in [0, 0.1) is 0 Å². The number of fused-ring (bicyclic) bond motifs is 1. The van der Waals surface area contributed by atoms with Crippen LogP contribution in [0.15, 0.2) is 22.2 Å². The molecule has 0 aliphatic carbocycles. The lowest BCUT2D eigenvalue weighted by molar-refractivity contribution is 0.0943. The zero-order valence-corrected chi connectivity index (χ0v) is 11.5. The van der Waals surface area contributed by atoms with Crippen molar-refractivity contribution in [1.82, 2.24) is 18.7 Å². The minimum atomic E-state index is -0.558. The molecule has 106 valence electrons. The van der Waals surface area contributed by atoms with E-state index < -0.39 is 11.2 Å². The van der Waals surface area contributed by atoms with Gasteiger partial charge in [0.15, 0.2) is 11.2 Å². The lowest BCUT2D eigenvalue weighted by Gasteiger charge is -2.05. The van der Waals surface area contributed by atoms with Crippen molar-refractivity contribution in [1.29, 1.82) is 0 Å². The molecule has 1 N–H and O–H groups in total. The highest BCUT2D eigenvalue weighted by Gasteiger charge is 2.20. The third-order valence-corrected chi connectivity index (χ3v) is 2.98. The molecule has 0 radical (unpaired) electrons. The molecule has 0 amide bonds. The Labute approximate surface area is 114 Å². The minimum Gasteiger partial charge on any atom is -0.352 e. The van der Waals surface area contributed by atoms with Crippen molar-refractivity contribution in [3.05, 3.63) is 33.5 Å². The highest BCUT2D eigenvalue weighted by molar-refractivity contribution is 5.91. The maximum absolute atomic E-state index is 12.2. The smallest absolute Gasteiger partial charge is 0.332 e. The highest BCUT2D eigenvalue weighted by atomic mass is 16.2. The van der Waals surface area contributed by atoms with E-state index in [1.165, 1.54) is 30.2 Å². The number of hydrogen-bond donors (Lipinski definition) is 1. The SMILES string of the molecule is C=CCNc1nc2c(c(=O)n(C)c(=O)n2C)n1C(C)=O. The largest absolute Gasteiger partial charge is 0.352 e. The van der Waals surface area contributed by atoms with E-state index in [1.54, 1.807) is 6.08 Å². The van der Waals surface area contributed by atoms with Gasteiger partial charge in [-0.25, -0.2) is 9.36 Å². The summed E-state index contributed by atoms with van der Waals surface area (Å²) in [5.41, 5.74) is -0.808. The number of carbonyl (C=O) groups is 1. The van der Waals surface area contributed by atoms with Crippen LogP contribution in [0.25, 0.3) is 11.2 Å². The first kappa shape index (κ1) is 13.8. The normalized spacial score (nSPS) is 10.8. The molecule has 0 fully saturated rings. The van der Waals surface area contributed by atoms with Crippen LogP contribution in [0.1, 0.15) is 11.7 Å². The summed E-state index contributed by atoms with van der Waals surface area (Å²) in [6.45, 7) is 5.27. The molecule has 0 aromatic carbocycles. The van der Waals surface area contributed by atoms with Gasteiger partial charge in [-0.05, 0) is 0 Å². The summed E-state index contributed by atoms with van der Waals surface area (Å²) in [6.07, 6.45) is 1.60. The summed E-state index contributed by atoms with van der Waals surface area (Å²) in [5, 5.41) is 2.88. The Kier molecular flexibility index (Phi) is 3.31. The Hall–Kier alpha value is -2.64. The summed E-state index contributed by atoms with van der Waals surface area (Å²) in [6, 6.07) is 0. The third-order valence-electron chi connectivity index (χ3n) is 2.98.